The third-order valence-electron chi connectivity index (χ3n) is 5.40. The van der Waals surface area contributed by atoms with Crippen molar-refractivity contribution in [3.63, 3.8) is 0 Å². The van der Waals surface area contributed by atoms with E-state index in [2.05, 4.69) is 9.97 Å². The summed E-state index contributed by atoms with van der Waals surface area (Å²) in [5, 5.41) is 9.85. The molecule has 35 heavy (non-hydrogen) atoms. The second kappa shape index (κ2) is 8.26. The third-order valence-corrected chi connectivity index (χ3v) is 6.99. The van der Waals surface area contributed by atoms with E-state index in [-0.39, 0.29) is 39.8 Å². The number of benzene rings is 3. The van der Waals surface area contributed by atoms with Crippen LogP contribution in [0.3, 0.4) is 0 Å². The number of nitrogens with zero attached hydrogens (tertiary/aromatic N) is 2. The molecule has 0 fully saturated rings. The lowest BCUT2D eigenvalue weighted by atomic mass is 10.0. The zero-order chi connectivity index (χ0) is 25.1. The number of aliphatic hydroxyl groups excluding tert-OH is 1. The average molecular weight is 523 g/mol. The van der Waals surface area contributed by atoms with Gasteiger partial charge in [-0.3, -0.25) is 4.72 Å². The van der Waals surface area contributed by atoms with E-state index < -0.39 is 55.3 Å². The standard InChI is InChI=1S/C22H14ClF3N4O4S/c23-9-5-11-16(31)8-34-21(11)17(6-9)35(32,33)30-15-4-2-13(24)18(20(15)26)10-1-3-14-12(19(10)25)7-28-22(27)29-14/h1-7,16,30-31H,8H2,(H2,27,28,29). The van der Waals surface area contributed by atoms with Gasteiger partial charge in [0, 0.05) is 22.3 Å². The van der Waals surface area contributed by atoms with E-state index in [0.717, 1.165) is 30.5 Å². The van der Waals surface area contributed by atoms with E-state index in [0.29, 0.717) is 0 Å². The van der Waals surface area contributed by atoms with Crippen LogP contribution in [0.4, 0.5) is 24.8 Å². The van der Waals surface area contributed by atoms with Gasteiger partial charge in [-0.25, -0.2) is 31.6 Å². The van der Waals surface area contributed by atoms with Crippen LogP contribution in [0.25, 0.3) is 22.0 Å². The molecule has 0 amide bonds. The maximum atomic E-state index is 15.4. The average Bonchev–Trinajstić information content (AvgIpc) is 3.17. The minimum absolute atomic E-state index is 0.00460. The fraction of sp³-hybridized carbons (Fsp3) is 0.0909. The van der Waals surface area contributed by atoms with Crippen LogP contribution in [-0.4, -0.2) is 30.1 Å². The van der Waals surface area contributed by atoms with Gasteiger partial charge in [0.15, 0.2) is 5.82 Å². The lowest BCUT2D eigenvalue weighted by molar-refractivity contribution is 0.140. The number of ether oxygens (including phenoxy) is 1. The van der Waals surface area contributed by atoms with Crippen molar-refractivity contribution in [2.45, 2.75) is 11.0 Å². The summed E-state index contributed by atoms with van der Waals surface area (Å²) >= 11 is 5.99. The molecule has 1 aromatic heterocycles. The molecule has 3 aromatic carbocycles. The molecule has 0 aliphatic carbocycles. The van der Waals surface area contributed by atoms with Crippen LogP contribution in [0.15, 0.2) is 47.5 Å². The Kier molecular flexibility index (Phi) is 5.46. The Hall–Kier alpha value is -3.61. The number of hydrogen-bond acceptors (Lipinski definition) is 7. The summed E-state index contributed by atoms with van der Waals surface area (Å²) in [5.41, 5.74) is 3.83. The molecule has 4 aromatic rings. The molecule has 1 atom stereocenters. The molecule has 1 aliphatic rings. The van der Waals surface area contributed by atoms with Crippen molar-refractivity contribution in [1.82, 2.24) is 9.97 Å². The summed E-state index contributed by atoms with van der Waals surface area (Å²) in [4.78, 5) is 7.11. The normalized spacial score (nSPS) is 15.2. The fourth-order valence-electron chi connectivity index (χ4n) is 3.80. The Labute approximate surface area is 201 Å². The van der Waals surface area contributed by atoms with E-state index in [1.807, 2.05) is 4.72 Å². The minimum atomic E-state index is -4.53. The zero-order valence-electron chi connectivity index (χ0n) is 17.4. The molecule has 2 heterocycles. The van der Waals surface area contributed by atoms with Crippen LogP contribution < -0.4 is 15.2 Å². The molecular weight excluding hydrogens is 509 g/mol. The topological polar surface area (TPSA) is 127 Å². The molecule has 0 saturated carbocycles. The van der Waals surface area contributed by atoms with Crippen LogP contribution in [0.5, 0.6) is 5.75 Å². The highest BCUT2D eigenvalue weighted by molar-refractivity contribution is 7.92. The number of halogens is 4. The van der Waals surface area contributed by atoms with Gasteiger partial charge in [-0.15, -0.1) is 0 Å². The summed E-state index contributed by atoms with van der Waals surface area (Å²) < 4.78 is 78.8. The van der Waals surface area contributed by atoms with Gasteiger partial charge >= 0.3 is 0 Å². The lowest BCUT2D eigenvalue weighted by Crippen LogP contribution is -2.15. The molecule has 5 rings (SSSR count). The molecule has 0 bridgehead atoms. The van der Waals surface area contributed by atoms with E-state index in [4.69, 9.17) is 22.1 Å². The Bertz CT molecular complexity index is 1640. The van der Waals surface area contributed by atoms with Crippen molar-refractivity contribution in [3.8, 4) is 16.9 Å². The summed E-state index contributed by atoms with van der Waals surface area (Å²) in [6, 6.07) is 6.47. The van der Waals surface area contributed by atoms with Gasteiger partial charge < -0.3 is 15.6 Å². The molecule has 13 heteroatoms. The highest BCUT2D eigenvalue weighted by atomic mass is 35.5. The molecule has 0 spiro atoms. The van der Waals surface area contributed by atoms with E-state index in [1.54, 1.807) is 0 Å². The number of aromatic nitrogens is 2. The first-order chi connectivity index (χ1) is 16.6. The molecular formula is C22H14ClF3N4O4S. The number of aliphatic hydroxyl groups is 1. The zero-order valence-corrected chi connectivity index (χ0v) is 19.0. The summed E-state index contributed by atoms with van der Waals surface area (Å²) in [5.74, 6) is -3.76. The van der Waals surface area contributed by atoms with Crippen molar-refractivity contribution in [2.24, 2.45) is 0 Å². The van der Waals surface area contributed by atoms with E-state index >= 15 is 8.78 Å². The van der Waals surface area contributed by atoms with Gasteiger partial charge in [0.05, 0.1) is 22.2 Å². The van der Waals surface area contributed by atoms with Gasteiger partial charge in [0.25, 0.3) is 10.0 Å². The van der Waals surface area contributed by atoms with Crippen molar-refractivity contribution in [3.05, 3.63) is 70.6 Å². The van der Waals surface area contributed by atoms with Gasteiger partial charge in [-0.1, -0.05) is 11.6 Å². The van der Waals surface area contributed by atoms with Crippen LogP contribution in [-0.2, 0) is 10.0 Å². The maximum absolute atomic E-state index is 15.4. The van der Waals surface area contributed by atoms with Crippen molar-refractivity contribution >= 4 is 44.2 Å². The minimum Gasteiger partial charge on any atom is -0.489 e. The van der Waals surface area contributed by atoms with Crippen molar-refractivity contribution in [2.75, 3.05) is 17.1 Å². The van der Waals surface area contributed by atoms with Crippen LogP contribution in [0.2, 0.25) is 5.02 Å². The van der Waals surface area contributed by atoms with Gasteiger partial charge in [0.2, 0.25) is 5.95 Å². The number of hydrogen-bond donors (Lipinski definition) is 3. The summed E-state index contributed by atoms with van der Waals surface area (Å²) in [7, 11) is -4.53. The predicted molar refractivity (Wildman–Crippen MR) is 122 cm³/mol. The number of nitrogens with one attached hydrogen (secondary N) is 1. The van der Waals surface area contributed by atoms with Crippen LogP contribution in [0, 0.1) is 17.5 Å². The smallest absolute Gasteiger partial charge is 0.265 e. The van der Waals surface area contributed by atoms with Crippen molar-refractivity contribution < 1.29 is 31.4 Å². The summed E-state index contributed by atoms with van der Waals surface area (Å²) in [6.07, 6.45) is -0.0190. The van der Waals surface area contributed by atoms with Gasteiger partial charge in [-0.2, -0.15) is 0 Å². The molecule has 1 aliphatic heterocycles. The maximum Gasteiger partial charge on any atom is 0.265 e. The molecule has 4 N–H and O–H groups in total. The number of sulfonamides is 1. The Morgan fingerprint density at radius 1 is 1.14 bits per heavy atom. The largest absolute Gasteiger partial charge is 0.489 e. The van der Waals surface area contributed by atoms with Crippen LogP contribution >= 0.6 is 11.6 Å². The van der Waals surface area contributed by atoms with Gasteiger partial charge in [-0.05, 0) is 36.4 Å². The second-order valence-corrected chi connectivity index (χ2v) is 9.71. The van der Waals surface area contributed by atoms with E-state index in [9.17, 15) is 17.9 Å². The number of rotatable bonds is 4. The Morgan fingerprint density at radius 3 is 2.69 bits per heavy atom. The highest BCUT2D eigenvalue weighted by Gasteiger charge is 2.32. The number of anilines is 2. The van der Waals surface area contributed by atoms with Crippen LogP contribution in [0.1, 0.15) is 11.7 Å². The number of fused-ring (bicyclic) bond motifs is 2. The number of nitrogen functional groups attached to an aromatic ring is 1. The first-order valence-electron chi connectivity index (χ1n) is 9.93. The molecule has 8 nitrogen and oxygen atoms in total. The first-order valence-corrected chi connectivity index (χ1v) is 11.8. The quantitative estimate of drug-likeness (QED) is 0.367. The third kappa shape index (κ3) is 3.89. The Morgan fingerprint density at radius 2 is 1.91 bits per heavy atom. The van der Waals surface area contributed by atoms with E-state index in [1.165, 1.54) is 12.1 Å². The molecule has 1 unspecified atom stereocenters. The predicted octanol–water partition coefficient (Wildman–Crippen LogP) is 4.18. The fourth-order valence-corrected chi connectivity index (χ4v) is 5.35. The molecule has 0 saturated heterocycles. The highest BCUT2D eigenvalue weighted by Crippen LogP contribution is 2.41. The number of nitrogens with two attached hydrogens (primary N) is 1. The summed E-state index contributed by atoms with van der Waals surface area (Å²) in [6.45, 7) is -0.191. The first kappa shape index (κ1) is 23.1. The Balaban J connectivity index is 1.61. The molecule has 180 valence electrons. The lowest BCUT2D eigenvalue weighted by Gasteiger charge is -2.15. The van der Waals surface area contributed by atoms with Crippen molar-refractivity contribution in [1.29, 1.82) is 0 Å². The SMILES string of the molecule is Nc1ncc2c(F)c(-c3c(F)ccc(NS(=O)(=O)c4cc(Cl)cc5c4OCC5O)c3F)ccc2n1. The second-order valence-electron chi connectivity index (χ2n) is 7.63. The molecule has 0 radical (unpaired) electrons. The monoisotopic (exact) mass is 522 g/mol. The van der Waals surface area contributed by atoms with Gasteiger partial charge in [0.1, 0.15) is 35.0 Å².